The van der Waals surface area contributed by atoms with Gasteiger partial charge in [0.05, 0.1) is 19.0 Å². The van der Waals surface area contributed by atoms with Gasteiger partial charge in [0.1, 0.15) is 5.75 Å². The molecule has 3 rings (SSSR count). The number of hydrogen-bond acceptors (Lipinski definition) is 6. The van der Waals surface area contributed by atoms with Crippen molar-refractivity contribution in [2.75, 3.05) is 17.7 Å². The molecule has 0 saturated heterocycles. The number of ether oxygens (including phenoxy) is 1. The number of anilines is 4. The van der Waals surface area contributed by atoms with Crippen LogP contribution < -0.4 is 15.4 Å². The average molecular weight is 384 g/mol. The largest absolute Gasteiger partial charge is 0.495 e. The summed E-state index contributed by atoms with van der Waals surface area (Å²) in [6.45, 7) is 6.49. The van der Waals surface area contributed by atoms with E-state index < -0.39 is 0 Å². The third-order valence-electron chi connectivity index (χ3n) is 3.96. The van der Waals surface area contributed by atoms with E-state index in [0.717, 1.165) is 5.69 Å². The van der Waals surface area contributed by atoms with Gasteiger partial charge in [-0.2, -0.15) is 10.1 Å². The van der Waals surface area contributed by atoms with E-state index in [2.05, 4.69) is 52.7 Å². The first-order valence-corrected chi connectivity index (χ1v) is 8.91. The number of benzene rings is 2. The molecule has 0 spiro atoms. The molecule has 6 nitrogen and oxygen atoms in total. The fourth-order valence-electron chi connectivity index (χ4n) is 2.70. The minimum atomic E-state index is -0.0129. The predicted molar refractivity (Wildman–Crippen MR) is 110 cm³/mol. The van der Waals surface area contributed by atoms with Gasteiger partial charge in [-0.05, 0) is 35.2 Å². The molecule has 0 unspecified atom stereocenters. The smallest absolute Gasteiger partial charge is 0.249 e. The Labute approximate surface area is 164 Å². The molecular weight excluding hydrogens is 362 g/mol. The monoisotopic (exact) mass is 383 g/mol. The predicted octanol–water partition coefficient (Wildman–Crippen LogP) is 5.32. The molecule has 2 N–H and O–H groups in total. The number of aromatic nitrogens is 3. The lowest BCUT2D eigenvalue weighted by Gasteiger charge is -2.22. The first-order valence-electron chi connectivity index (χ1n) is 8.53. The standard InChI is InChI=1S/C20H22ClN5O/c1-20(2,3)14-7-5-6-8-15(14)24-19-25-18(12-22-26-19)23-16-11-13(21)9-10-17(16)27-4/h5-12H,1-4H3,(H2,23,24,25,26). The van der Waals surface area contributed by atoms with Crippen LogP contribution in [0.25, 0.3) is 0 Å². The molecule has 3 aromatic rings. The van der Waals surface area contributed by atoms with Gasteiger partial charge in [-0.15, -0.1) is 5.10 Å². The minimum absolute atomic E-state index is 0.0129. The zero-order valence-electron chi connectivity index (χ0n) is 15.7. The number of rotatable bonds is 5. The van der Waals surface area contributed by atoms with Crippen LogP contribution in [0.4, 0.5) is 23.1 Å². The topological polar surface area (TPSA) is 72.0 Å². The van der Waals surface area contributed by atoms with Crippen LogP contribution in [-0.4, -0.2) is 22.3 Å². The number of nitrogens with zero attached hydrogens (tertiary/aromatic N) is 3. The zero-order chi connectivity index (χ0) is 19.4. The van der Waals surface area contributed by atoms with Crippen LogP contribution in [0.5, 0.6) is 5.75 Å². The molecule has 0 aliphatic carbocycles. The Balaban J connectivity index is 1.87. The number of methoxy groups -OCH3 is 1. The Bertz CT molecular complexity index is 940. The molecule has 0 amide bonds. The van der Waals surface area contributed by atoms with Crippen molar-refractivity contribution in [3.05, 3.63) is 59.2 Å². The average Bonchev–Trinajstić information content (AvgIpc) is 2.62. The van der Waals surface area contributed by atoms with E-state index in [9.17, 15) is 0 Å². The van der Waals surface area contributed by atoms with Gasteiger partial charge in [-0.3, -0.25) is 0 Å². The normalized spacial score (nSPS) is 11.1. The number of halogens is 1. The van der Waals surface area contributed by atoms with E-state index in [0.29, 0.717) is 28.2 Å². The summed E-state index contributed by atoms with van der Waals surface area (Å²) >= 11 is 6.08. The van der Waals surface area contributed by atoms with Crippen LogP contribution in [0.15, 0.2) is 48.7 Å². The van der Waals surface area contributed by atoms with E-state index in [4.69, 9.17) is 16.3 Å². The summed E-state index contributed by atoms with van der Waals surface area (Å²) in [5.74, 6) is 1.59. The second-order valence-corrected chi connectivity index (χ2v) is 7.49. The Morgan fingerprint density at radius 1 is 1.00 bits per heavy atom. The van der Waals surface area contributed by atoms with Gasteiger partial charge in [-0.25, -0.2) is 0 Å². The van der Waals surface area contributed by atoms with Gasteiger partial charge < -0.3 is 15.4 Å². The summed E-state index contributed by atoms with van der Waals surface area (Å²) in [7, 11) is 1.60. The maximum absolute atomic E-state index is 6.08. The molecule has 0 aliphatic rings. The summed E-state index contributed by atoms with van der Waals surface area (Å²) < 4.78 is 5.35. The Kier molecular flexibility index (Phi) is 5.46. The van der Waals surface area contributed by atoms with Crippen LogP contribution in [0.1, 0.15) is 26.3 Å². The molecule has 27 heavy (non-hydrogen) atoms. The number of hydrogen-bond donors (Lipinski definition) is 2. The zero-order valence-corrected chi connectivity index (χ0v) is 16.5. The Morgan fingerprint density at radius 3 is 2.52 bits per heavy atom. The first-order chi connectivity index (χ1) is 12.9. The third-order valence-corrected chi connectivity index (χ3v) is 4.20. The van der Waals surface area contributed by atoms with Crippen LogP contribution in [0, 0.1) is 0 Å². The summed E-state index contributed by atoms with van der Waals surface area (Å²) in [4.78, 5) is 4.50. The van der Waals surface area contributed by atoms with Gasteiger partial charge in [0.15, 0.2) is 5.82 Å². The molecule has 140 valence electrons. The molecule has 1 aromatic heterocycles. The second kappa shape index (κ2) is 7.80. The molecule has 0 saturated carbocycles. The van der Waals surface area contributed by atoms with Gasteiger partial charge in [0.25, 0.3) is 0 Å². The molecule has 0 bridgehead atoms. The van der Waals surface area contributed by atoms with E-state index in [1.807, 2.05) is 18.2 Å². The highest BCUT2D eigenvalue weighted by Crippen LogP contribution is 2.32. The van der Waals surface area contributed by atoms with Crippen LogP contribution in [0.2, 0.25) is 5.02 Å². The van der Waals surface area contributed by atoms with Crippen LogP contribution in [-0.2, 0) is 5.41 Å². The molecule has 0 radical (unpaired) electrons. The lowest BCUT2D eigenvalue weighted by molar-refractivity contribution is 0.417. The Hall–Kier alpha value is -2.86. The summed E-state index contributed by atoms with van der Waals surface area (Å²) in [5, 5.41) is 15.2. The highest BCUT2D eigenvalue weighted by atomic mass is 35.5. The second-order valence-electron chi connectivity index (χ2n) is 7.06. The number of nitrogens with one attached hydrogen (secondary N) is 2. The van der Waals surface area contributed by atoms with Gasteiger partial charge in [0.2, 0.25) is 5.95 Å². The molecule has 7 heteroatoms. The van der Waals surface area contributed by atoms with E-state index >= 15 is 0 Å². The van der Waals surface area contributed by atoms with Crippen molar-refractivity contribution in [3.8, 4) is 5.75 Å². The van der Waals surface area contributed by atoms with Gasteiger partial charge >= 0.3 is 0 Å². The van der Waals surface area contributed by atoms with Crippen molar-refractivity contribution in [2.45, 2.75) is 26.2 Å². The van der Waals surface area contributed by atoms with Crippen molar-refractivity contribution in [2.24, 2.45) is 0 Å². The van der Waals surface area contributed by atoms with Gasteiger partial charge in [0, 0.05) is 10.7 Å². The maximum Gasteiger partial charge on any atom is 0.249 e. The fraction of sp³-hybridized carbons (Fsp3) is 0.250. The summed E-state index contributed by atoms with van der Waals surface area (Å²) in [6.07, 6.45) is 1.54. The van der Waals surface area contributed by atoms with Crippen molar-refractivity contribution in [3.63, 3.8) is 0 Å². The van der Waals surface area contributed by atoms with Crippen LogP contribution in [0.3, 0.4) is 0 Å². The lowest BCUT2D eigenvalue weighted by atomic mass is 9.86. The van der Waals surface area contributed by atoms with Gasteiger partial charge in [-0.1, -0.05) is 50.6 Å². The quantitative estimate of drug-likeness (QED) is 0.621. The van der Waals surface area contributed by atoms with Crippen molar-refractivity contribution >= 4 is 34.7 Å². The molecule has 0 aliphatic heterocycles. The highest BCUT2D eigenvalue weighted by Gasteiger charge is 2.18. The third kappa shape index (κ3) is 4.65. The van der Waals surface area contributed by atoms with E-state index in [1.54, 1.807) is 31.5 Å². The van der Waals surface area contributed by atoms with Crippen LogP contribution >= 0.6 is 11.6 Å². The highest BCUT2D eigenvalue weighted by molar-refractivity contribution is 6.31. The van der Waals surface area contributed by atoms with Crippen molar-refractivity contribution < 1.29 is 4.74 Å². The summed E-state index contributed by atoms with van der Waals surface area (Å²) in [5.41, 5.74) is 2.81. The minimum Gasteiger partial charge on any atom is -0.495 e. The lowest BCUT2D eigenvalue weighted by Crippen LogP contribution is -2.14. The fourth-order valence-corrected chi connectivity index (χ4v) is 2.87. The molecule has 0 atom stereocenters. The Morgan fingerprint density at radius 2 is 1.78 bits per heavy atom. The number of para-hydroxylation sites is 1. The SMILES string of the molecule is COc1ccc(Cl)cc1Nc1cnnc(Nc2ccccc2C(C)(C)C)n1. The molecule has 2 aromatic carbocycles. The van der Waals surface area contributed by atoms with E-state index in [1.165, 1.54) is 5.56 Å². The molecule has 1 heterocycles. The molecule has 0 fully saturated rings. The van der Waals surface area contributed by atoms with Crippen molar-refractivity contribution in [1.29, 1.82) is 0 Å². The van der Waals surface area contributed by atoms with Crippen molar-refractivity contribution in [1.82, 2.24) is 15.2 Å². The summed E-state index contributed by atoms with van der Waals surface area (Å²) in [6, 6.07) is 13.4. The maximum atomic E-state index is 6.08. The first kappa shape index (κ1) is 18.9. The molecular formula is C20H22ClN5O. The van der Waals surface area contributed by atoms with E-state index in [-0.39, 0.29) is 5.41 Å².